The summed E-state index contributed by atoms with van der Waals surface area (Å²) in [5, 5.41) is 2.81. The monoisotopic (exact) mass is 296 g/mol. The van der Waals surface area contributed by atoms with E-state index in [9.17, 15) is 9.18 Å². The van der Waals surface area contributed by atoms with Gasteiger partial charge in [0.15, 0.2) is 0 Å². The predicted molar refractivity (Wildman–Crippen MR) is 76.9 cm³/mol. The number of amides is 2. The van der Waals surface area contributed by atoms with Crippen LogP contribution in [-0.4, -0.2) is 49.4 Å². The summed E-state index contributed by atoms with van der Waals surface area (Å²) in [5.41, 5.74) is 0. The van der Waals surface area contributed by atoms with Crippen LogP contribution in [0.1, 0.15) is 13.8 Å². The first-order chi connectivity index (χ1) is 10.0. The lowest BCUT2D eigenvalue weighted by atomic mass is 10.2. The lowest BCUT2D eigenvalue weighted by Gasteiger charge is -2.35. The highest BCUT2D eigenvalue weighted by Gasteiger charge is 2.25. The molecule has 2 amide bonds. The summed E-state index contributed by atoms with van der Waals surface area (Å²) in [6, 6.07) is 5.68. The Morgan fingerprint density at radius 1 is 1.33 bits per heavy atom. The first kappa shape index (κ1) is 15.6. The second-order valence-corrected chi connectivity index (χ2v) is 5.20. The molecule has 1 aliphatic heterocycles. The van der Waals surface area contributed by atoms with E-state index in [2.05, 4.69) is 5.32 Å². The number of halogens is 1. The Kier molecular flexibility index (Phi) is 5.38. The molecule has 6 heteroatoms. The van der Waals surface area contributed by atoms with E-state index in [0.29, 0.717) is 32.0 Å². The number of ether oxygens (including phenoxy) is 2. The van der Waals surface area contributed by atoms with Crippen LogP contribution < -0.4 is 10.1 Å². The first-order valence-electron chi connectivity index (χ1n) is 7.11. The van der Waals surface area contributed by atoms with Crippen LogP contribution >= 0.6 is 0 Å². The number of hydrogen-bond acceptors (Lipinski definition) is 3. The van der Waals surface area contributed by atoms with E-state index in [0.717, 1.165) is 0 Å². The smallest absolute Gasteiger partial charge is 0.317 e. The third-order valence-electron chi connectivity index (χ3n) is 3.17. The molecular formula is C15H21FN2O3. The SMILES string of the molecule is CC1CN(C(=O)NCCOc2ccc(F)cc2)CC(C)O1. The minimum Gasteiger partial charge on any atom is -0.492 e. The average Bonchev–Trinajstić information content (AvgIpc) is 2.44. The first-order valence-corrected chi connectivity index (χ1v) is 7.11. The van der Waals surface area contributed by atoms with Gasteiger partial charge in [0.05, 0.1) is 18.8 Å². The molecule has 1 fully saturated rings. The van der Waals surface area contributed by atoms with Gasteiger partial charge < -0.3 is 19.7 Å². The summed E-state index contributed by atoms with van der Waals surface area (Å²) in [6.45, 7) is 5.83. The molecule has 2 atom stereocenters. The zero-order chi connectivity index (χ0) is 15.2. The quantitative estimate of drug-likeness (QED) is 0.865. The molecule has 0 aliphatic carbocycles. The Morgan fingerprint density at radius 2 is 1.95 bits per heavy atom. The predicted octanol–water partition coefficient (Wildman–Crippen LogP) is 2.02. The minimum absolute atomic E-state index is 0.0509. The van der Waals surface area contributed by atoms with Gasteiger partial charge in [0.2, 0.25) is 0 Å². The molecule has 2 unspecified atom stereocenters. The fourth-order valence-corrected chi connectivity index (χ4v) is 2.31. The fraction of sp³-hybridized carbons (Fsp3) is 0.533. The van der Waals surface area contributed by atoms with Crippen LogP contribution in [0.2, 0.25) is 0 Å². The molecule has 1 aromatic rings. The Labute approximate surface area is 124 Å². The maximum Gasteiger partial charge on any atom is 0.317 e. The van der Waals surface area contributed by atoms with Crippen molar-refractivity contribution in [3.63, 3.8) is 0 Å². The zero-order valence-electron chi connectivity index (χ0n) is 12.3. The molecule has 2 rings (SSSR count). The molecule has 0 saturated carbocycles. The topological polar surface area (TPSA) is 50.8 Å². The number of hydrogen-bond donors (Lipinski definition) is 1. The Balaban J connectivity index is 1.68. The Hall–Kier alpha value is -1.82. The van der Waals surface area contributed by atoms with Gasteiger partial charge in [0, 0.05) is 13.1 Å². The van der Waals surface area contributed by atoms with Crippen molar-refractivity contribution in [1.29, 1.82) is 0 Å². The molecule has 0 spiro atoms. The van der Waals surface area contributed by atoms with E-state index in [1.165, 1.54) is 12.1 Å². The van der Waals surface area contributed by atoms with Crippen LogP contribution in [0.5, 0.6) is 5.75 Å². The number of benzene rings is 1. The van der Waals surface area contributed by atoms with Crippen LogP contribution in [0.15, 0.2) is 24.3 Å². The van der Waals surface area contributed by atoms with Crippen LogP contribution in [0.3, 0.4) is 0 Å². The van der Waals surface area contributed by atoms with Crippen LogP contribution in [0.25, 0.3) is 0 Å². The van der Waals surface area contributed by atoms with Gasteiger partial charge in [-0.05, 0) is 38.1 Å². The summed E-state index contributed by atoms with van der Waals surface area (Å²) < 4.78 is 23.7. The number of carbonyl (C=O) groups is 1. The highest BCUT2D eigenvalue weighted by Crippen LogP contribution is 2.11. The molecule has 1 aliphatic rings. The van der Waals surface area contributed by atoms with Gasteiger partial charge in [-0.1, -0.05) is 0 Å². The lowest BCUT2D eigenvalue weighted by Crippen LogP contribution is -2.52. The molecular weight excluding hydrogens is 275 g/mol. The van der Waals surface area contributed by atoms with E-state index in [4.69, 9.17) is 9.47 Å². The van der Waals surface area contributed by atoms with Crippen molar-refractivity contribution in [2.45, 2.75) is 26.1 Å². The lowest BCUT2D eigenvalue weighted by molar-refractivity contribution is -0.0545. The zero-order valence-corrected chi connectivity index (χ0v) is 12.3. The summed E-state index contributed by atoms with van der Waals surface area (Å²) in [5.74, 6) is 0.283. The number of carbonyl (C=O) groups excluding carboxylic acids is 1. The van der Waals surface area contributed by atoms with Gasteiger partial charge in [0.1, 0.15) is 18.2 Å². The fourth-order valence-electron chi connectivity index (χ4n) is 2.31. The number of urea groups is 1. The molecule has 1 saturated heterocycles. The van der Waals surface area contributed by atoms with Gasteiger partial charge in [-0.2, -0.15) is 0 Å². The molecule has 0 radical (unpaired) electrons. The standard InChI is InChI=1S/C15H21FN2O3/c1-11-9-18(10-12(2)21-11)15(19)17-7-8-20-14-5-3-13(16)4-6-14/h3-6,11-12H,7-10H2,1-2H3,(H,17,19). The molecule has 5 nitrogen and oxygen atoms in total. The van der Waals surface area contributed by atoms with Crippen molar-refractivity contribution in [2.24, 2.45) is 0 Å². The number of nitrogens with one attached hydrogen (secondary N) is 1. The summed E-state index contributed by atoms with van der Waals surface area (Å²) >= 11 is 0. The average molecular weight is 296 g/mol. The largest absolute Gasteiger partial charge is 0.492 e. The summed E-state index contributed by atoms with van der Waals surface area (Å²) in [6.07, 6.45) is 0.102. The van der Waals surface area contributed by atoms with Crippen molar-refractivity contribution >= 4 is 6.03 Å². The highest BCUT2D eigenvalue weighted by atomic mass is 19.1. The number of morpholine rings is 1. The summed E-state index contributed by atoms with van der Waals surface area (Å²) in [7, 11) is 0. The normalized spacial score (nSPS) is 22.0. The highest BCUT2D eigenvalue weighted by molar-refractivity contribution is 5.74. The van der Waals surface area contributed by atoms with Crippen molar-refractivity contribution in [2.75, 3.05) is 26.2 Å². The molecule has 21 heavy (non-hydrogen) atoms. The van der Waals surface area contributed by atoms with Crippen LogP contribution in [0, 0.1) is 5.82 Å². The number of rotatable bonds is 4. The molecule has 1 N–H and O–H groups in total. The van der Waals surface area contributed by atoms with Gasteiger partial charge in [-0.25, -0.2) is 9.18 Å². The van der Waals surface area contributed by atoms with Gasteiger partial charge >= 0.3 is 6.03 Å². The van der Waals surface area contributed by atoms with Crippen molar-refractivity contribution in [3.8, 4) is 5.75 Å². The van der Waals surface area contributed by atoms with Crippen molar-refractivity contribution in [1.82, 2.24) is 10.2 Å². The van der Waals surface area contributed by atoms with Gasteiger partial charge in [-0.3, -0.25) is 0 Å². The second-order valence-electron chi connectivity index (χ2n) is 5.20. The number of nitrogens with zero attached hydrogens (tertiary/aromatic N) is 1. The Bertz CT molecular complexity index is 456. The van der Waals surface area contributed by atoms with Gasteiger partial charge in [-0.15, -0.1) is 0 Å². The van der Waals surface area contributed by atoms with E-state index < -0.39 is 0 Å². The maximum absolute atomic E-state index is 12.7. The molecule has 116 valence electrons. The van der Waals surface area contributed by atoms with Crippen molar-refractivity contribution in [3.05, 3.63) is 30.1 Å². The van der Waals surface area contributed by atoms with Crippen molar-refractivity contribution < 1.29 is 18.7 Å². The van der Waals surface area contributed by atoms with E-state index >= 15 is 0 Å². The molecule has 1 heterocycles. The van der Waals surface area contributed by atoms with Crippen LogP contribution in [0.4, 0.5) is 9.18 Å². The van der Waals surface area contributed by atoms with Gasteiger partial charge in [0.25, 0.3) is 0 Å². The second kappa shape index (κ2) is 7.26. The molecule has 1 aromatic carbocycles. The van der Waals surface area contributed by atoms with E-state index in [-0.39, 0.29) is 24.1 Å². The minimum atomic E-state index is -0.300. The Morgan fingerprint density at radius 3 is 2.57 bits per heavy atom. The maximum atomic E-state index is 12.7. The van der Waals surface area contributed by atoms with Crippen LogP contribution in [-0.2, 0) is 4.74 Å². The third-order valence-corrected chi connectivity index (χ3v) is 3.17. The van der Waals surface area contributed by atoms with E-state index in [1.54, 1.807) is 17.0 Å². The summed E-state index contributed by atoms with van der Waals surface area (Å²) in [4.78, 5) is 13.7. The molecule has 0 bridgehead atoms. The van der Waals surface area contributed by atoms with E-state index in [1.807, 2.05) is 13.8 Å². The molecule has 0 aromatic heterocycles. The third kappa shape index (κ3) is 4.90.